The molecule has 0 saturated heterocycles. The Bertz CT molecular complexity index is 473. The number of furan rings is 1. The normalized spacial score (nSPS) is 19.9. The first-order valence-corrected chi connectivity index (χ1v) is 5.62. The molecule has 2 heteroatoms. The average molecular weight is 214 g/mol. The quantitative estimate of drug-likeness (QED) is 0.851. The molecule has 0 amide bonds. The van der Waals surface area contributed by atoms with Crippen LogP contribution >= 0.6 is 0 Å². The highest BCUT2D eigenvalue weighted by Gasteiger charge is 2.28. The van der Waals surface area contributed by atoms with E-state index in [4.69, 9.17) is 4.42 Å². The SMILES string of the molecule is OC(CC1Cc2ccccc21)c1ccoc1. The minimum atomic E-state index is -0.405. The lowest BCUT2D eigenvalue weighted by Gasteiger charge is -2.31. The van der Waals surface area contributed by atoms with E-state index in [0.29, 0.717) is 5.92 Å². The monoisotopic (exact) mass is 214 g/mol. The Morgan fingerprint density at radius 1 is 1.31 bits per heavy atom. The molecule has 2 atom stereocenters. The van der Waals surface area contributed by atoms with Crippen molar-refractivity contribution in [1.82, 2.24) is 0 Å². The summed E-state index contributed by atoms with van der Waals surface area (Å²) in [7, 11) is 0. The number of aliphatic hydroxyl groups is 1. The van der Waals surface area contributed by atoms with E-state index in [9.17, 15) is 5.11 Å². The Balaban J connectivity index is 1.70. The summed E-state index contributed by atoms with van der Waals surface area (Å²) >= 11 is 0. The molecule has 0 fully saturated rings. The van der Waals surface area contributed by atoms with Crippen LogP contribution in [0.1, 0.15) is 35.1 Å². The van der Waals surface area contributed by atoms with Gasteiger partial charge < -0.3 is 9.52 Å². The van der Waals surface area contributed by atoms with E-state index in [2.05, 4.69) is 24.3 Å². The van der Waals surface area contributed by atoms with E-state index in [0.717, 1.165) is 18.4 Å². The molecule has 0 bridgehead atoms. The van der Waals surface area contributed by atoms with Crippen molar-refractivity contribution in [3.8, 4) is 0 Å². The molecule has 0 radical (unpaired) electrons. The lowest BCUT2D eigenvalue weighted by molar-refractivity contribution is 0.153. The molecule has 2 unspecified atom stereocenters. The summed E-state index contributed by atoms with van der Waals surface area (Å²) in [6.45, 7) is 0. The third-order valence-corrected chi connectivity index (χ3v) is 3.40. The highest BCUT2D eigenvalue weighted by Crippen LogP contribution is 2.40. The molecule has 1 aromatic heterocycles. The minimum absolute atomic E-state index is 0.405. The Morgan fingerprint density at radius 2 is 2.19 bits per heavy atom. The van der Waals surface area contributed by atoms with Crippen molar-refractivity contribution >= 4 is 0 Å². The zero-order valence-corrected chi connectivity index (χ0v) is 8.97. The van der Waals surface area contributed by atoms with Crippen molar-refractivity contribution in [3.63, 3.8) is 0 Å². The van der Waals surface area contributed by atoms with Crippen LogP contribution in [-0.2, 0) is 6.42 Å². The smallest absolute Gasteiger partial charge is 0.0960 e. The van der Waals surface area contributed by atoms with Crippen molar-refractivity contribution < 1.29 is 9.52 Å². The second-order valence-corrected chi connectivity index (χ2v) is 4.41. The Kier molecular flexibility index (Phi) is 2.29. The first-order valence-electron chi connectivity index (χ1n) is 5.62. The fourth-order valence-electron chi connectivity index (χ4n) is 2.44. The number of hydrogen-bond donors (Lipinski definition) is 1. The van der Waals surface area contributed by atoms with E-state index in [1.807, 2.05) is 6.07 Å². The molecule has 1 N–H and O–H groups in total. The number of aliphatic hydroxyl groups excluding tert-OH is 1. The predicted octanol–water partition coefficient (Wildman–Crippen LogP) is 3.04. The summed E-state index contributed by atoms with van der Waals surface area (Å²) in [4.78, 5) is 0. The van der Waals surface area contributed by atoms with Crippen LogP contribution in [0.4, 0.5) is 0 Å². The lowest BCUT2D eigenvalue weighted by atomic mass is 9.74. The van der Waals surface area contributed by atoms with Gasteiger partial charge in [-0.15, -0.1) is 0 Å². The van der Waals surface area contributed by atoms with E-state index in [-0.39, 0.29) is 0 Å². The van der Waals surface area contributed by atoms with Gasteiger partial charge in [0.1, 0.15) is 0 Å². The average Bonchev–Trinajstić information content (AvgIpc) is 2.79. The van der Waals surface area contributed by atoms with Gasteiger partial charge in [0, 0.05) is 5.56 Å². The minimum Gasteiger partial charge on any atom is -0.472 e. The zero-order valence-electron chi connectivity index (χ0n) is 8.97. The summed E-state index contributed by atoms with van der Waals surface area (Å²) in [5.41, 5.74) is 3.70. The summed E-state index contributed by atoms with van der Waals surface area (Å²) in [6, 6.07) is 10.3. The summed E-state index contributed by atoms with van der Waals surface area (Å²) < 4.78 is 4.98. The Labute approximate surface area is 94.5 Å². The van der Waals surface area contributed by atoms with E-state index < -0.39 is 6.10 Å². The van der Waals surface area contributed by atoms with Gasteiger partial charge in [0.05, 0.1) is 18.6 Å². The maximum atomic E-state index is 10.0. The van der Waals surface area contributed by atoms with Crippen molar-refractivity contribution in [2.75, 3.05) is 0 Å². The highest BCUT2D eigenvalue weighted by molar-refractivity contribution is 5.40. The number of benzene rings is 1. The lowest BCUT2D eigenvalue weighted by Crippen LogP contribution is -2.19. The predicted molar refractivity (Wildman–Crippen MR) is 61.2 cm³/mol. The molecular weight excluding hydrogens is 200 g/mol. The van der Waals surface area contributed by atoms with Gasteiger partial charge >= 0.3 is 0 Å². The maximum Gasteiger partial charge on any atom is 0.0960 e. The second kappa shape index (κ2) is 3.80. The van der Waals surface area contributed by atoms with Crippen LogP contribution in [0.15, 0.2) is 47.3 Å². The fraction of sp³-hybridized carbons (Fsp3) is 0.286. The van der Waals surface area contributed by atoms with Gasteiger partial charge in [-0.3, -0.25) is 0 Å². The molecule has 3 rings (SSSR count). The van der Waals surface area contributed by atoms with Gasteiger partial charge in [0.15, 0.2) is 0 Å². The molecule has 2 aromatic rings. The molecule has 1 aromatic carbocycles. The van der Waals surface area contributed by atoms with Crippen molar-refractivity contribution in [2.45, 2.75) is 24.9 Å². The largest absolute Gasteiger partial charge is 0.472 e. The first kappa shape index (κ1) is 9.67. The molecule has 0 saturated carbocycles. The van der Waals surface area contributed by atoms with Gasteiger partial charge in [-0.25, -0.2) is 0 Å². The van der Waals surface area contributed by atoms with Crippen LogP contribution in [-0.4, -0.2) is 5.11 Å². The van der Waals surface area contributed by atoms with Gasteiger partial charge in [-0.2, -0.15) is 0 Å². The van der Waals surface area contributed by atoms with E-state index in [1.54, 1.807) is 12.5 Å². The molecule has 1 aliphatic carbocycles. The third-order valence-electron chi connectivity index (χ3n) is 3.40. The van der Waals surface area contributed by atoms with E-state index in [1.165, 1.54) is 11.1 Å². The molecule has 1 heterocycles. The van der Waals surface area contributed by atoms with Crippen LogP contribution in [0.3, 0.4) is 0 Å². The summed E-state index contributed by atoms with van der Waals surface area (Å²) in [5, 5.41) is 10.0. The van der Waals surface area contributed by atoms with Crippen LogP contribution < -0.4 is 0 Å². The number of hydrogen-bond acceptors (Lipinski definition) is 2. The molecule has 2 nitrogen and oxygen atoms in total. The first-order chi connectivity index (χ1) is 7.84. The van der Waals surface area contributed by atoms with E-state index >= 15 is 0 Å². The summed E-state index contributed by atoms with van der Waals surface area (Å²) in [5.74, 6) is 0.501. The zero-order chi connectivity index (χ0) is 11.0. The van der Waals surface area contributed by atoms with Crippen molar-refractivity contribution in [1.29, 1.82) is 0 Å². The van der Waals surface area contributed by atoms with Gasteiger partial charge in [-0.1, -0.05) is 24.3 Å². The molecule has 0 spiro atoms. The highest BCUT2D eigenvalue weighted by atomic mass is 16.3. The molecular formula is C14H14O2. The van der Waals surface area contributed by atoms with Crippen LogP contribution in [0.2, 0.25) is 0 Å². The van der Waals surface area contributed by atoms with Gasteiger partial charge in [0.25, 0.3) is 0 Å². The second-order valence-electron chi connectivity index (χ2n) is 4.41. The van der Waals surface area contributed by atoms with Crippen LogP contribution in [0.25, 0.3) is 0 Å². The van der Waals surface area contributed by atoms with Gasteiger partial charge in [-0.05, 0) is 36.0 Å². The molecule has 0 aliphatic heterocycles. The Morgan fingerprint density at radius 3 is 2.94 bits per heavy atom. The number of fused-ring (bicyclic) bond motifs is 1. The number of rotatable bonds is 3. The Hall–Kier alpha value is -1.54. The molecule has 16 heavy (non-hydrogen) atoms. The topological polar surface area (TPSA) is 33.4 Å². The van der Waals surface area contributed by atoms with Crippen LogP contribution in [0, 0.1) is 0 Å². The van der Waals surface area contributed by atoms with Crippen LogP contribution in [0.5, 0.6) is 0 Å². The molecule has 1 aliphatic rings. The van der Waals surface area contributed by atoms with Gasteiger partial charge in [0.2, 0.25) is 0 Å². The fourth-order valence-corrected chi connectivity index (χ4v) is 2.44. The van der Waals surface area contributed by atoms with Crippen molar-refractivity contribution in [2.24, 2.45) is 0 Å². The van der Waals surface area contributed by atoms with Crippen molar-refractivity contribution in [3.05, 3.63) is 59.5 Å². The third kappa shape index (κ3) is 1.55. The summed E-state index contributed by atoms with van der Waals surface area (Å²) in [6.07, 6.45) is 4.70. The molecule has 82 valence electrons. The standard InChI is InChI=1S/C14H14O2/c15-14(11-5-6-16-9-11)8-12-7-10-3-1-2-4-13(10)12/h1-6,9,12,14-15H,7-8H2. The maximum absolute atomic E-state index is 10.0.